The molecular weight excluding hydrogens is 356 g/mol. The number of aromatic nitrogens is 3. The molecule has 0 amide bonds. The maximum absolute atomic E-state index is 5.99. The highest BCUT2D eigenvalue weighted by molar-refractivity contribution is 5.77. The molecule has 1 aromatic heterocycles. The van der Waals surface area contributed by atoms with E-state index in [2.05, 4.69) is 25.1 Å². The predicted molar refractivity (Wildman–Crippen MR) is 109 cm³/mol. The Bertz CT molecular complexity index is 802. The highest BCUT2D eigenvalue weighted by atomic mass is 16.5. The van der Waals surface area contributed by atoms with Gasteiger partial charge in [0, 0.05) is 32.5 Å². The van der Waals surface area contributed by atoms with Crippen LogP contribution in [-0.4, -0.2) is 48.0 Å². The Balaban J connectivity index is 1.45. The highest BCUT2D eigenvalue weighted by Crippen LogP contribution is 2.27. The number of aliphatic imine (C=N–C) groups is 1. The summed E-state index contributed by atoms with van der Waals surface area (Å²) in [6, 6.07) is 5.91. The fourth-order valence-corrected chi connectivity index (χ4v) is 3.43. The van der Waals surface area contributed by atoms with E-state index in [0.717, 1.165) is 54.5 Å². The molecule has 0 spiro atoms. The van der Waals surface area contributed by atoms with Crippen molar-refractivity contribution in [3.63, 3.8) is 0 Å². The lowest BCUT2D eigenvalue weighted by atomic mass is 10.1. The van der Waals surface area contributed by atoms with Crippen molar-refractivity contribution in [3.05, 3.63) is 35.4 Å². The summed E-state index contributed by atoms with van der Waals surface area (Å²) in [6.45, 7) is 2.32. The summed E-state index contributed by atoms with van der Waals surface area (Å²) in [5.41, 5.74) is 7.14. The number of hydrogen-bond acceptors (Lipinski definition) is 5. The second-order valence-electron chi connectivity index (χ2n) is 6.88. The first-order valence-corrected chi connectivity index (χ1v) is 9.87. The third kappa shape index (κ3) is 5.15. The van der Waals surface area contributed by atoms with Gasteiger partial charge < -0.3 is 25.1 Å². The molecular formula is C20H30N6O2. The third-order valence-corrected chi connectivity index (χ3v) is 4.97. The van der Waals surface area contributed by atoms with Crippen LogP contribution in [-0.2, 0) is 25.8 Å². The van der Waals surface area contributed by atoms with Crippen molar-refractivity contribution in [3.8, 4) is 11.5 Å². The zero-order valence-electron chi connectivity index (χ0n) is 16.8. The van der Waals surface area contributed by atoms with Crippen molar-refractivity contribution in [2.75, 3.05) is 27.3 Å². The number of ether oxygens (including phenoxy) is 2. The van der Waals surface area contributed by atoms with Gasteiger partial charge in [0.1, 0.15) is 11.6 Å². The predicted octanol–water partition coefficient (Wildman–Crippen LogP) is 1.71. The Hall–Kier alpha value is -2.77. The molecule has 0 unspecified atom stereocenters. The van der Waals surface area contributed by atoms with Gasteiger partial charge in [-0.05, 0) is 37.0 Å². The quantitative estimate of drug-likeness (QED) is 0.529. The van der Waals surface area contributed by atoms with Crippen molar-refractivity contribution in [2.45, 2.75) is 45.1 Å². The SMILES string of the molecule is COc1ccc(CCNC(N)=NCCc2nnc3n2CCCCC3)cc1OC. The van der Waals surface area contributed by atoms with E-state index in [0.29, 0.717) is 19.0 Å². The Morgan fingerprint density at radius 1 is 1.14 bits per heavy atom. The number of nitrogens with zero attached hydrogens (tertiary/aromatic N) is 4. The molecule has 1 aliphatic rings. The van der Waals surface area contributed by atoms with Gasteiger partial charge in [0.2, 0.25) is 0 Å². The van der Waals surface area contributed by atoms with E-state index in [1.54, 1.807) is 14.2 Å². The average molecular weight is 387 g/mol. The molecule has 1 aromatic carbocycles. The number of benzene rings is 1. The summed E-state index contributed by atoms with van der Waals surface area (Å²) in [6.07, 6.45) is 6.25. The normalized spacial score (nSPS) is 14.3. The second kappa shape index (κ2) is 9.96. The van der Waals surface area contributed by atoms with E-state index >= 15 is 0 Å². The number of aryl methyl sites for hydroxylation is 1. The van der Waals surface area contributed by atoms with Gasteiger partial charge in [-0.15, -0.1) is 10.2 Å². The smallest absolute Gasteiger partial charge is 0.188 e. The number of rotatable bonds is 8. The van der Waals surface area contributed by atoms with Crippen LogP contribution in [0.1, 0.15) is 36.5 Å². The topological polar surface area (TPSA) is 99.6 Å². The first-order valence-electron chi connectivity index (χ1n) is 9.87. The molecule has 0 bridgehead atoms. The first-order chi connectivity index (χ1) is 13.7. The molecule has 0 atom stereocenters. The minimum absolute atomic E-state index is 0.455. The summed E-state index contributed by atoms with van der Waals surface area (Å²) >= 11 is 0. The van der Waals surface area contributed by atoms with Crippen LogP contribution in [0.4, 0.5) is 0 Å². The van der Waals surface area contributed by atoms with Gasteiger partial charge in [-0.1, -0.05) is 12.5 Å². The summed E-state index contributed by atoms with van der Waals surface area (Å²) in [4.78, 5) is 4.42. The Labute approximate surface area is 166 Å². The zero-order chi connectivity index (χ0) is 19.8. The van der Waals surface area contributed by atoms with Crippen molar-refractivity contribution < 1.29 is 9.47 Å². The van der Waals surface area contributed by atoms with E-state index in [1.807, 2.05) is 18.2 Å². The maximum Gasteiger partial charge on any atom is 0.188 e. The van der Waals surface area contributed by atoms with Gasteiger partial charge in [0.25, 0.3) is 0 Å². The van der Waals surface area contributed by atoms with Crippen molar-refractivity contribution in [1.82, 2.24) is 20.1 Å². The van der Waals surface area contributed by atoms with Crippen molar-refractivity contribution in [1.29, 1.82) is 0 Å². The van der Waals surface area contributed by atoms with E-state index < -0.39 is 0 Å². The maximum atomic E-state index is 5.99. The first kappa shape index (κ1) is 20.0. The monoisotopic (exact) mass is 386 g/mol. The Kier molecular flexibility index (Phi) is 7.11. The molecule has 0 saturated heterocycles. The van der Waals surface area contributed by atoms with Crippen LogP contribution in [0.25, 0.3) is 0 Å². The van der Waals surface area contributed by atoms with Crippen LogP contribution in [0.2, 0.25) is 0 Å². The zero-order valence-corrected chi connectivity index (χ0v) is 16.8. The number of hydrogen-bond donors (Lipinski definition) is 2. The van der Waals surface area contributed by atoms with E-state index in [1.165, 1.54) is 19.3 Å². The molecule has 0 aliphatic carbocycles. The van der Waals surface area contributed by atoms with Gasteiger partial charge in [-0.3, -0.25) is 4.99 Å². The minimum atomic E-state index is 0.455. The molecule has 28 heavy (non-hydrogen) atoms. The van der Waals surface area contributed by atoms with Crippen molar-refractivity contribution >= 4 is 5.96 Å². The van der Waals surface area contributed by atoms with Gasteiger partial charge in [0.05, 0.1) is 14.2 Å². The number of nitrogens with two attached hydrogens (primary N) is 1. The molecule has 3 N–H and O–H groups in total. The number of nitrogens with one attached hydrogen (secondary N) is 1. The summed E-state index contributed by atoms with van der Waals surface area (Å²) in [7, 11) is 3.27. The van der Waals surface area contributed by atoms with Crippen LogP contribution in [0.3, 0.4) is 0 Å². The molecule has 0 saturated carbocycles. The van der Waals surface area contributed by atoms with E-state index in [-0.39, 0.29) is 0 Å². The largest absolute Gasteiger partial charge is 0.493 e. The fraction of sp³-hybridized carbons (Fsp3) is 0.550. The van der Waals surface area contributed by atoms with E-state index in [4.69, 9.17) is 15.2 Å². The number of methoxy groups -OCH3 is 2. The van der Waals surface area contributed by atoms with Crippen LogP contribution in [0.5, 0.6) is 11.5 Å². The van der Waals surface area contributed by atoms with Crippen LogP contribution in [0.15, 0.2) is 23.2 Å². The average Bonchev–Trinajstić information content (AvgIpc) is 2.94. The Morgan fingerprint density at radius 2 is 2.00 bits per heavy atom. The van der Waals surface area contributed by atoms with Crippen molar-refractivity contribution in [2.24, 2.45) is 10.7 Å². The lowest BCUT2D eigenvalue weighted by Crippen LogP contribution is -2.33. The number of fused-ring (bicyclic) bond motifs is 1. The van der Waals surface area contributed by atoms with Gasteiger partial charge in [-0.25, -0.2) is 0 Å². The van der Waals surface area contributed by atoms with Crippen LogP contribution in [0, 0.1) is 0 Å². The Morgan fingerprint density at radius 3 is 2.82 bits per heavy atom. The van der Waals surface area contributed by atoms with E-state index in [9.17, 15) is 0 Å². The summed E-state index contributed by atoms with van der Waals surface area (Å²) < 4.78 is 12.8. The summed E-state index contributed by atoms with van der Waals surface area (Å²) in [5.74, 6) is 4.04. The molecule has 0 radical (unpaired) electrons. The van der Waals surface area contributed by atoms with Crippen LogP contribution < -0.4 is 20.5 Å². The minimum Gasteiger partial charge on any atom is -0.493 e. The molecule has 8 heteroatoms. The molecule has 0 fully saturated rings. The fourth-order valence-electron chi connectivity index (χ4n) is 3.43. The molecule has 2 heterocycles. The van der Waals surface area contributed by atoms with Crippen LogP contribution >= 0.6 is 0 Å². The molecule has 3 rings (SSSR count). The molecule has 2 aromatic rings. The van der Waals surface area contributed by atoms with Gasteiger partial charge in [-0.2, -0.15) is 0 Å². The lowest BCUT2D eigenvalue weighted by molar-refractivity contribution is 0.354. The summed E-state index contributed by atoms with van der Waals surface area (Å²) in [5, 5.41) is 11.8. The molecule has 8 nitrogen and oxygen atoms in total. The number of guanidine groups is 1. The molecule has 1 aliphatic heterocycles. The standard InChI is InChI=1S/C20H30N6O2/c1-27-16-8-7-15(14-17(16)28-2)9-11-22-20(21)23-12-10-19-25-24-18-6-4-3-5-13-26(18)19/h7-8,14H,3-6,9-13H2,1-2H3,(H3,21,22,23). The molecule has 152 valence electrons. The highest BCUT2D eigenvalue weighted by Gasteiger charge is 2.14. The lowest BCUT2D eigenvalue weighted by Gasteiger charge is -2.10. The van der Waals surface area contributed by atoms with Gasteiger partial charge in [0.15, 0.2) is 17.5 Å². The third-order valence-electron chi connectivity index (χ3n) is 4.97. The second-order valence-corrected chi connectivity index (χ2v) is 6.88. The van der Waals surface area contributed by atoms with Gasteiger partial charge >= 0.3 is 0 Å².